The van der Waals surface area contributed by atoms with E-state index in [0.29, 0.717) is 18.4 Å². The molecule has 1 aliphatic heterocycles. The molecule has 2 rings (SSSR count). The zero-order chi connectivity index (χ0) is 11.9. The third-order valence-corrected chi connectivity index (χ3v) is 2.83. The molecule has 1 fully saturated rings. The molecule has 1 atom stereocenters. The molecular weight excluding hydrogens is 216 g/mol. The summed E-state index contributed by atoms with van der Waals surface area (Å²) in [4.78, 5) is 8.26. The third kappa shape index (κ3) is 3.85. The van der Waals surface area contributed by atoms with Gasteiger partial charge in [-0.05, 0) is 31.8 Å². The molecule has 17 heavy (non-hydrogen) atoms. The van der Waals surface area contributed by atoms with Crippen LogP contribution >= 0.6 is 0 Å². The Bertz CT molecular complexity index is 339. The van der Waals surface area contributed by atoms with Crippen molar-refractivity contribution in [3.8, 4) is 5.88 Å². The molecular formula is C12H20N4O. The summed E-state index contributed by atoms with van der Waals surface area (Å²) in [6.45, 7) is 5.95. The molecule has 1 unspecified atom stereocenters. The molecule has 5 nitrogen and oxygen atoms in total. The highest BCUT2D eigenvalue weighted by Gasteiger charge is 2.13. The van der Waals surface area contributed by atoms with E-state index in [2.05, 4.69) is 27.5 Å². The highest BCUT2D eigenvalue weighted by Crippen LogP contribution is 2.13. The lowest BCUT2D eigenvalue weighted by molar-refractivity contribution is 0.305. The Hall–Kier alpha value is -1.36. The van der Waals surface area contributed by atoms with Gasteiger partial charge in [-0.25, -0.2) is 9.97 Å². The van der Waals surface area contributed by atoms with Gasteiger partial charge in [-0.15, -0.1) is 0 Å². The fourth-order valence-corrected chi connectivity index (χ4v) is 1.86. The van der Waals surface area contributed by atoms with Crippen LogP contribution in [0.25, 0.3) is 0 Å². The maximum atomic E-state index is 5.46. The number of anilines is 1. The molecule has 0 saturated carbocycles. The number of ether oxygens (including phenoxy) is 1. The van der Waals surface area contributed by atoms with E-state index in [1.165, 1.54) is 6.42 Å². The first-order valence-corrected chi connectivity index (χ1v) is 6.28. The summed E-state index contributed by atoms with van der Waals surface area (Å²) >= 11 is 0. The molecule has 1 aromatic rings. The molecule has 2 heterocycles. The highest BCUT2D eigenvalue weighted by molar-refractivity contribution is 5.37. The van der Waals surface area contributed by atoms with Crippen LogP contribution in [0.4, 0.5) is 5.82 Å². The van der Waals surface area contributed by atoms with Crippen LogP contribution in [0.5, 0.6) is 5.88 Å². The maximum Gasteiger partial charge on any atom is 0.218 e. The van der Waals surface area contributed by atoms with E-state index in [9.17, 15) is 0 Å². The van der Waals surface area contributed by atoms with Gasteiger partial charge in [0.15, 0.2) is 0 Å². The van der Waals surface area contributed by atoms with E-state index in [0.717, 1.165) is 31.9 Å². The average Bonchev–Trinajstić information content (AvgIpc) is 2.87. The zero-order valence-electron chi connectivity index (χ0n) is 10.3. The second-order valence-electron chi connectivity index (χ2n) is 4.33. The summed E-state index contributed by atoms with van der Waals surface area (Å²) in [5, 5.41) is 6.68. The largest absolute Gasteiger partial charge is 0.478 e. The molecule has 0 aliphatic carbocycles. The van der Waals surface area contributed by atoms with Crippen molar-refractivity contribution in [3.63, 3.8) is 0 Å². The van der Waals surface area contributed by atoms with Gasteiger partial charge in [-0.3, -0.25) is 0 Å². The summed E-state index contributed by atoms with van der Waals surface area (Å²) < 4.78 is 5.46. The van der Waals surface area contributed by atoms with Crippen LogP contribution < -0.4 is 15.4 Å². The SMILES string of the molecule is CCCOc1cc(NCC2CCNC2)ncn1. The number of aromatic nitrogens is 2. The molecule has 0 spiro atoms. The van der Waals surface area contributed by atoms with Crippen LogP contribution in [0, 0.1) is 5.92 Å². The highest BCUT2D eigenvalue weighted by atomic mass is 16.5. The van der Waals surface area contributed by atoms with Gasteiger partial charge >= 0.3 is 0 Å². The van der Waals surface area contributed by atoms with Crippen LogP contribution in [-0.2, 0) is 0 Å². The summed E-state index contributed by atoms with van der Waals surface area (Å²) in [5.74, 6) is 2.19. The molecule has 2 N–H and O–H groups in total. The third-order valence-electron chi connectivity index (χ3n) is 2.83. The minimum absolute atomic E-state index is 0.647. The monoisotopic (exact) mass is 236 g/mol. The fourth-order valence-electron chi connectivity index (χ4n) is 1.86. The zero-order valence-corrected chi connectivity index (χ0v) is 10.3. The number of hydrogen-bond donors (Lipinski definition) is 2. The van der Waals surface area contributed by atoms with Crippen LogP contribution in [0.15, 0.2) is 12.4 Å². The van der Waals surface area contributed by atoms with Gasteiger partial charge < -0.3 is 15.4 Å². The van der Waals surface area contributed by atoms with Crippen LogP contribution in [-0.4, -0.2) is 36.2 Å². The van der Waals surface area contributed by atoms with Gasteiger partial charge in [0.2, 0.25) is 5.88 Å². The molecule has 94 valence electrons. The molecule has 0 amide bonds. The lowest BCUT2D eigenvalue weighted by atomic mass is 10.1. The van der Waals surface area contributed by atoms with Crippen molar-refractivity contribution < 1.29 is 4.74 Å². The summed E-state index contributed by atoms with van der Waals surface area (Å²) in [5.41, 5.74) is 0. The van der Waals surface area contributed by atoms with Gasteiger partial charge in [0.25, 0.3) is 0 Å². The van der Waals surface area contributed by atoms with Crippen molar-refractivity contribution in [3.05, 3.63) is 12.4 Å². The Balaban J connectivity index is 1.82. The van der Waals surface area contributed by atoms with Crippen molar-refractivity contribution in [1.82, 2.24) is 15.3 Å². The summed E-state index contributed by atoms with van der Waals surface area (Å²) in [6.07, 6.45) is 3.76. The number of nitrogens with zero attached hydrogens (tertiary/aromatic N) is 2. The molecule has 0 aromatic carbocycles. The Kier molecular flexibility index (Phi) is 4.55. The number of nitrogens with one attached hydrogen (secondary N) is 2. The lowest BCUT2D eigenvalue weighted by Gasteiger charge is -2.11. The topological polar surface area (TPSA) is 59.1 Å². The summed E-state index contributed by atoms with van der Waals surface area (Å²) in [6, 6.07) is 1.86. The standard InChI is InChI=1S/C12H20N4O/c1-2-5-17-12-6-11(15-9-16-12)14-8-10-3-4-13-7-10/h6,9-10,13H,2-5,7-8H2,1H3,(H,14,15,16). The van der Waals surface area contributed by atoms with Gasteiger partial charge in [-0.1, -0.05) is 6.92 Å². The van der Waals surface area contributed by atoms with Crippen molar-refractivity contribution >= 4 is 5.82 Å². The minimum Gasteiger partial charge on any atom is -0.478 e. The predicted octanol–water partition coefficient (Wildman–Crippen LogP) is 1.29. The Morgan fingerprint density at radius 3 is 3.24 bits per heavy atom. The molecule has 0 radical (unpaired) electrons. The Labute approximate surface area is 102 Å². The number of hydrogen-bond acceptors (Lipinski definition) is 5. The van der Waals surface area contributed by atoms with Crippen molar-refractivity contribution in [2.24, 2.45) is 5.92 Å². The molecule has 0 bridgehead atoms. The average molecular weight is 236 g/mol. The second kappa shape index (κ2) is 6.39. The quantitative estimate of drug-likeness (QED) is 0.779. The first kappa shape index (κ1) is 12.1. The van der Waals surface area contributed by atoms with E-state index in [-0.39, 0.29) is 0 Å². The first-order chi connectivity index (χ1) is 8.38. The summed E-state index contributed by atoms with van der Waals surface area (Å²) in [7, 11) is 0. The molecule has 1 aliphatic rings. The van der Waals surface area contributed by atoms with Gasteiger partial charge in [0, 0.05) is 12.6 Å². The number of rotatable bonds is 6. The first-order valence-electron chi connectivity index (χ1n) is 6.28. The Morgan fingerprint density at radius 2 is 2.47 bits per heavy atom. The van der Waals surface area contributed by atoms with Crippen molar-refractivity contribution in [2.45, 2.75) is 19.8 Å². The van der Waals surface area contributed by atoms with Crippen LogP contribution in [0.1, 0.15) is 19.8 Å². The predicted molar refractivity (Wildman–Crippen MR) is 67.3 cm³/mol. The Morgan fingerprint density at radius 1 is 1.53 bits per heavy atom. The molecule has 5 heteroatoms. The maximum absolute atomic E-state index is 5.46. The van der Waals surface area contributed by atoms with Crippen molar-refractivity contribution in [2.75, 3.05) is 31.6 Å². The van der Waals surface area contributed by atoms with E-state index in [1.807, 2.05) is 6.07 Å². The van der Waals surface area contributed by atoms with E-state index < -0.39 is 0 Å². The fraction of sp³-hybridized carbons (Fsp3) is 0.667. The van der Waals surface area contributed by atoms with E-state index in [1.54, 1.807) is 6.33 Å². The van der Waals surface area contributed by atoms with Gasteiger partial charge in [-0.2, -0.15) is 0 Å². The van der Waals surface area contributed by atoms with E-state index in [4.69, 9.17) is 4.74 Å². The smallest absolute Gasteiger partial charge is 0.218 e. The van der Waals surface area contributed by atoms with Gasteiger partial charge in [0.05, 0.1) is 6.61 Å². The molecule has 1 saturated heterocycles. The second-order valence-corrected chi connectivity index (χ2v) is 4.33. The normalized spacial score (nSPS) is 19.2. The van der Waals surface area contributed by atoms with Crippen LogP contribution in [0.3, 0.4) is 0 Å². The lowest BCUT2D eigenvalue weighted by Crippen LogP contribution is -2.17. The van der Waals surface area contributed by atoms with Crippen LogP contribution in [0.2, 0.25) is 0 Å². The minimum atomic E-state index is 0.647. The van der Waals surface area contributed by atoms with Gasteiger partial charge in [0.1, 0.15) is 12.1 Å². The van der Waals surface area contributed by atoms with Crippen molar-refractivity contribution in [1.29, 1.82) is 0 Å². The van der Waals surface area contributed by atoms with E-state index >= 15 is 0 Å². The molecule has 1 aromatic heterocycles.